The minimum atomic E-state index is -0.00419. The van der Waals surface area contributed by atoms with E-state index < -0.39 is 0 Å². The molecule has 4 bridgehead atoms. The van der Waals surface area contributed by atoms with Gasteiger partial charge in [-0.15, -0.1) is 0 Å². The average molecular weight is 326 g/mol. The zero-order chi connectivity index (χ0) is 15.6. The van der Waals surface area contributed by atoms with Crippen molar-refractivity contribution in [3.05, 3.63) is 30.3 Å². The molecule has 1 aromatic rings. The number of hydrogen-bond donors (Lipinski definition) is 0. The molecule has 1 aliphatic heterocycles. The highest BCUT2D eigenvalue weighted by Crippen LogP contribution is 2.66. The molecule has 0 unspecified atom stereocenters. The van der Waals surface area contributed by atoms with Crippen LogP contribution in [0.15, 0.2) is 35.4 Å². The zero-order valence-corrected chi connectivity index (χ0v) is 14.3. The third-order valence-electron chi connectivity index (χ3n) is 6.39. The van der Waals surface area contributed by atoms with Crippen LogP contribution in [-0.4, -0.2) is 15.7 Å². The second kappa shape index (κ2) is 4.85. The summed E-state index contributed by atoms with van der Waals surface area (Å²) < 4.78 is 0. The van der Waals surface area contributed by atoms with Gasteiger partial charge in [-0.25, -0.2) is 5.01 Å². The van der Waals surface area contributed by atoms with Gasteiger partial charge < -0.3 is 0 Å². The molecule has 120 valence electrons. The fourth-order valence-corrected chi connectivity index (χ4v) is 7.26. The number of hydrogen-bond acceptors (Lipinski definition) is 4. The van der Waals surface area contributed by atoms with E-state index in [0.717, 1.165) is 17.5 Å². The molecule has 1 spiro atoms. The molecule has 1 aromatic carbocycles. The van der Waals surface area contributed by atoms with Crippen molar-refractivity contribution in [3.63, 3.8) is 0 Å². The van der Waals surface area contributed by atoms with E-state index in [1.807, 2.05) is 6.07 Å². The Morgan fingerprint density at radius 1 is 1.09 bits per heavy atom. The second-order valence-electron chi connectivity index (χ2n) is 7.77. The van der Waals surface area contributed by atoms with Crippen LogP contribution in [0.1, 0.15) is 39.0 Å². The Morgan fingerprint density at radius 2 is 1.70 bits per heavy atom. The molecule has 4 aliphatic carbocycles. The van der Waals surface area contributed by atoms with Gasteiger partial charge in [0, 0.05) is 6.92 Å². The summed E-state index contributed by atoms with van der Waals surface area (Å²) >= 11 is 1.79. The third kappa shape index (κ3) is 1.90. The molecule has 0 aromatic heterocycles. The molecule has 1 heterocycles. The van der Waals surface area contributed by atoms with Crippen LogP contribution in [0.5, 0.6) is 0 Å². The Bertz CT molecular complexity index is 656. The minimum Gasteiger partial charge on any atom is -0.292 e. The summed E-state index contributed by atoms with van der Waals surface area (Å²) in [6.45, 7) is 1.66. The van der Waals surface area contributed by atoms with Crippen LogP contribution in [-0.2, 0) is 4.79 Å². The van der Waals surface area contributed by atoms with Crippen molar-refractivity contribution in [1.29, 1.82) is 0 Å². The number of anilines is 1. The van der Waals surface area contributed by atoms with E-state index in [2.05, 4.69) is 29.3 Å². The lowest BCUT2D eigenvalue weighted by molar-refractivity contribution is -0.110. The predicted octanol–water partition coefficient (Wildman–Crippen LogP) is 4.29. The van der Waals surface area contributed by atoms with Crippen molar-refractivity contribution >= 4 is 28.3 Å². The molecule has 0 amide bonds. The van der Waals surface area contributed by atoms with Crippen molar-refractivity contribution in [2.24, 2.45) is 28.8 Å². The van der Waals surface area contributed by atoms with Gasteiger partial charge in [-0.3, -0.25) is 4.79 Å². The number of nitrogens with zero attached hydrogens (tertiary/aromatic N) is 2. The Hall–Kier alpha value is -1.29. The first kappa shape index (κ1) is 14.1. The molecule has 4 saturated carbocycles. The van der Waals surface area contributed by atoms with Gasteiger partial charge in [0.1, 0.15) is 4.87 Å². The Morgan fingerprint density at radius 3 is 2.26 bits per heavy atom. The maximum Gasteiger partial charge on any atom is 0.186 e. The Balaban J connectivity index is 1.62. The molecule has 0 atom stereocenters. The van der Waals surface area contributed by atoms with E-state index in [1.165, 1.54) is 32.1 Å². The SMILES string of the molecule is CC(=O)C1=NN(c2ccccc2)C2(S1)C1CC3CC(C1)CC2C3. The first-order valence-electron chi connectivity index (χ1n) is 8.80. The molecule has 23 heavy (non-hydrogen) atoms. The smallest absolute Gasteiger partial charge is 0.186 e. The number of rotatable bonds is 2. The predicted molar refractivity (Wildman–Crippen MR) is 94.4 cm³/mol. The fraction of sp³-hybridized carbons (Fsp3) is 0.579. The van der Waals surface area contributed by atoms with E-state index in [1.54, 1.807) is 18.7 Å². The van der Waals surface area contributed by atoms with Gasteiger partial charge in [-0.1, -0.05) is 30.0 Å². The van der Waals surface area contributed by atoms with Crippen LogP contribution in [0.3, 0.4) is 0 Å². The first-order valence-corrected chi connectivity index (χ1v) is 9.62. The number of para-hydroxylation sites is 1. The molecule has 5 aliphatic rings. The van der Waals surface area contributed by atoms with Gasteiger partial charge >= 0.3 is 0 Å². The van der Waals surface area contributed by atoms with Crippen molar-refractivity contribution in [2.75, 3.05) is 5.01 Å². The van der Waals surface area contributed by atoms with Crippen molar-refractivity contribution in [2.45, 2.75) is 43.9 Å². The monoisotopic (exact) mass is 326 g/mol. The molecule has 6 rings (SSSR count). The van der Waals surface area contributed by atoms with E-state index >= 15 is 0 Å². The molecule has 4 fully saturated rings. The van der Waals surface area contributed by atoms with Crippen LogP contribution in [0.2, 0.25) is 0 Å². The maximum absolute atomic E-state index is 12.1. The molecular formula is C19H22N2OS. The lowest BCUT2D eigenvalue weighted by Gasteiger charge is -2.61. The quantitative estimate of drug-likeness (QED) is 0.812. The number of Topliss-reactive ketones (excluding diaryl/α,β-unsaturated/α-hetero) is 1. The highest BCUT2D eigenvalue weighted by molar-refractivity contribution is 8.17. The van der Waals surface area contributed by atoms with Crippen LogP contribution in [0, 0.1) is 23.7 Å². The number of carbonyl (C=O) groups is 1. The van der Waals surface area contributed by atoms with Gasteiger partial charge in [0.2, 0.25) is 0 Å². The molecular weight excluding hydrogens is 304 g/mol. The number of hydrazone groups is 1. The average Bonchev–Trinajstić information content (AvgIpc) is 2.95. The number of thioether (sulfide) groups is 1. The minimum absolute atomic E-state index is 0.00419. The highest BCUT2D eigenvalue weighted by Gasteiger charge is 2.63. The summed E-state index contributed by atoms with van der Waals surface area (Å²) in [6.07, 6.45) is 6.74. The highest BCUT2D eigenvalue weighted by atomic mass is 32.2. The molecule has 0 radical (unpaired) electrons. The van der Waals surface area contributed by atoms with E-state index in [-0.39, 0.29) is 10.7 Å². The van der Waals surface area contributed by atoms with Crippen LogP contribution in [0.4, 0.5) is 5.69 Å². The van der Waals surface area contributed by atoms with Gasteiger partial charge in [0.15, 0.2) is 10.8 Å². The normalized spacial score (nSPS) is 40.7. The Kier molecular flexibility index (Phi) is 2.97. The zero-order valence-electron chi connectivity index (χ0n) is 13.4. The van der Waals surface area contributed by atoms with Crippen LogP contribution >= 0.6 is 11.8 Å². The van der Waals surface area contributed by atoms with Gasteiger partial charge in [0.05, 0.1) is 5.69 Å². The summed E-state index contributed by atoms with van der Waals surface area (Å²) in [5, 5.41) is 7.77. The van der Waals surface area contributed by atoms with Crippen molar-refractivity contribution in [1.82, 2.24) is 0 Å². The van der Waals surface area contributed by atoms with Gasteiger partial charge in [0.25, 0.3) is 0 Å². The molecule has 0 N–H and O–H groups in total. The lowest BCUT2D eigenvalue weighted by Crippen LogP contribution is -2.61. The largest absolute Gasteiger partial charge is 0.292 e. The van der Waals surface area contributed by atoms with Crippen LogP contribution < -0.4 is 5.01 Å². The maximum atomic E-state index is 12.1. The fourth-order valence-electron chi connectivity index (χ4n) is 5.73. The molecule has 4 heteroatoms. The summed E-state index contributed by atoms with van der Waals surface area (Å²) in [5.41, 5.74) is 1.14. The number of carbonyl (C=O) groups excluding carboxylic acids is 1. The van der Waals surface area contributed by atoms with E-state index in [4.69, 9.17) is 5.10 Å². The Labute approximate surface area is 141 Å². The van der Waals surface area contributed by atoms with Gasteiger partial charge in [-0.05, 0) is 67.9 Å². The van der Waals surface area contributed by atoms with Gasteiger partial charge in [-0.2, -0.15) is 5.10 Å². The summed E-state index contributed by atoms with van der Waals surface area (Å²) in [4.78, 5) is 12.1. The molecule has 3 nitrogen and oxygen atoms in total. The number of benzene rings is 1. The van der Waals surface area contributed by atoms with E-state index in [9.17, 15) is 4.79 Å². The topological polar surface area (TPSA) is 32.7 Å². The summed E-state index contributed by atoms with van der Waals surface area (Å²) in [7, 11) is 0. The standard InChI is InChI=1S/C19H22N2OS/c1-12(22)18-20-21(17-5-3-2-4-6-17)19(23-18)15-8-13-7-14(10-15)11-16(19)9-13/h2-6,13-16H,7-11H2,1H3. The summed E-state index contributed by atoms with van der Waals surface area (Å²) in [6, 6.07) is 10.5. The third-order valence-corrected chi connectivity index (χ3v) is 8.12. The lowest BCUT2D eigenvalue weighted by atomic mass is 9.53. The number of ketones is 1. The van der Waals surface area contributed by atoms with E-state index in [0.29, 0.717) is 16.9 Å². The van der Waals surface area contributed by atoms with Crippen LogP contribution in [0.25, 0.3) is 0 Å². The first-order chi connectivity index (χ1) is 11.2. The molecule has 0 saturated heterocycles. The van der Waals surface area contributed by atoms with Crippen molar-refractivity contribution < 1.29 is 4.79 Å². The van der Waals surface area contributed by atoms with Crippen molar-refractivity contribution in [3.8, 4) is 0 Å². The second-order valence-corrected chi connectivity index (χ2v) is 9.01. The summed E-state index contributed by atoms with van der Waals surface area (Å²) in [5.74, 6) is 3.29.